The first kappa shape index (κ1) is 17.4. The van der Waals surface area contributed by atoms with Gasteiger partial charge in [0.05, 0.1) is 25.9 Å². The van der Waals surface area contributed by atoms with Gasteiger partial charge < -0.3 is 9.47 Å². The zero-order chi connectivity index (χ0) is 16.5. The highest BCUT2D eigenvalue weighted by Crippen LogP contribution is 2.06. The Balaban J connectivity index is 1.79. The Bertz CT molecular complexity index is 545. The average molecular weight is 323 g/mol. The van der Waals surface area contributed by atoms with Gasteiger partial charge >= 0.3 is 0 Å². The number of benzene rings is 1. The molecule has 0 radical (unpaired) electrons. The van der Waals surface area contributed by atoms with Crippen LogP contribution in [-0.4, -0.2) is 63.3 Å². The van der Waals surface area contributed by atoms with Gasteiger partial charge in [0.25, 0.3) is 11.9 Å². The fraction of sp³-hybridized carbons (Fsp3) is 0.500. The first-order chi connectivity index (χ1) is 11.2. The Kier molecular flexibility index (Phi) is 6.96. The lowest BCUT2D eigenvalue weighted by molar-refractivity contribution is 0.0377. The van der Waals surface area contributed by atoms with E-state index >= 15 is 0 Å². The SMILES string of the molecule is COC(=NCCCN1CCOCC1)NC(=O)c1ccccc1F. The highest BCUT2D eigenvalue weighted by atomic mass is 19.1. The molecular weight excluding hydrogens is 301 g/mol. The molecule has 0 spiro atoms. The van der Waals surface area contributed by atoms with E-state index in [1.165, 1.54) is 25.3 Å². The zero-order valence-electron chi connectivity index (χ0n) is 13.3. The smallest absolute Gasteiger partial charge is 0.291 e. The predicted molar refractivity (Wildman–Crippen MR) is 85.1 cm³/mol. The normalized spacial score (nSPS) is 16.2. The van der Waals surface area contributed by atoms with Crippen molar-refractivity contribution in [2.24, 2.45) is 4.99 Å². The van der Waals surface area contributed by atoms with E-state index in [0.29, 0.717) is 6.54 Å². The van der Waals surface area contributed by atoms with Crippen LogP contribution in [0.4, 0.5) is 4.39 Å². The third-order valence-corrected chi connectivity index (χ3v) is 3.52. The van der Waals surface area contributed by atoms with Crippen LogP contribution in [-0.2, 0) is 9.47 Å². The van der Waals surface area contributed by atoms with E-state index in [-0.39, 0.29) is 11.6 Å². The minimum atomic E-state index is -0.576. The number of halogens is 1. The summed E-state index contributed by atoms with van der Waals surface area (Å²) in [6.07, 6.45) is 0.850. The molecule has 23 heavy (non-hydrogen) atoms. The van der Waals surface area contributed by atoms with Gasteiger partial charge in [0.2, 0.25) is 0 Å². The second kappa shape index (κ2) is 9.22. The van der Waals surface area contributed by atoms with E-state index in [0.717, 1.165) is 39.3 Å². The molecule has 0 saturated carbocycles. The number of amidine groups is 1. The molecule has 2 rings (SSSR count). The number of carbonyl (C=O) groups is 1. The van der Waals surface area contributed by atoms with E-state index in [1.807, 2.05) is 0 Å². The Hall–Kier alpha value is -1.99. The molecule has 0 bridgehead atoms. The summed E-state index contributed by atoms with van der Waals surface area (Å²) in [5.41, 5.74) is -0.0365. The Morgan fingerprint density at radius 3 is 2.83 bits per heavy atom. The van der Waals surface area contributed by atoms with Crippen LogP contribution >= 0.6 is 0 Å². The van der Waals surface area contributed by atoms with Crippen LogP contribution in [0.2, 0.25) is 0 Å². The lowest BCUT2D eigenvalue weighted by Gasteiger charge is -2.26. The van der Waals surface area contributed by atoms with Gasteiger partial charge in [0.15, 0.2) is 0 Å². The monoisotopic (exact) mass is 323 g/mol. The van der Waals surface area contributed by atoms with Crippen LogP contribution < -0.4 is 5.32 Å². The standard InChI is InChI=1S/C16H22FN3O3/c1-22-16(18-7-4-8-20-9-11-23-12-10-20)19-15(21)13-5-2-3-6-14(13)17/h2-3,5-6H,4,7-12H2,1H3,(H,18,19,21). The van der Waals surface area contributed by atoms with E-state index in [2.05, 4.69) is 15.2 Å². The summed E-state index contributed by atoms with van der Waals surface area (Å²) >= 11 is 0. The van der Waals surface area contributed by atoms with E-state index in [4.69, 9.17) is 9.47 Å². The van der Waals surface area contributed by atoms with E-state index < -0.39 is 11.7 Å². The highest BCUT2D eigenvalue weighted by Gasteiger charge is 2.13. The Labute approximate surface area is 135 Å². The van der Waals surface area contributed by atoms with Crippen molar-refractivity contribution in [2.45, 2.75) is 6.42 Å². The van der Waals surface area contributed by atoms with Gasteiger partial charge in [0.1, 0.15) is 5.82 Å². The molecule has 7 heteroatoms. The molecule has 1 aliphatic rings. The molecule has 1 saturated heterocycles. The maximum absolute atomic E-state index is 13.5. The van der Waals surface area contributed by atoms with Gasteiger partial charge in [-0.25, -0.2) is 9.38 Å². The van der Waals surface area contributed by atoms with Crippen molar-refractivity contribution in [3.63, 3.8) is 0 Å². The molecule has 126 valence electrons. The molecule has 0 unspecified atom stereocenters. The van der Waals surface area contributed by atoms with Gasteiger partial charge in [-0.3, -0.25) is 15.0 Å². The number of morpholine rings is 1. The van der Waals surface area contributed by atoms with Crippen LogP contribution in [0.15, 0.2) is 29.3 Å². The summed E-state index contributed by atoms with van der Waals surface area (Å²) in [6.45, 7) is 4.86. The summed E-state index contributed by atoms with van der Waals surface area (Å²) in [5.74, 6) is -1.15. The number of hydrogen-bond donors (Lipinski definition) is 1. The summed E-state index contributed by atoms with van der Waals surface area (Å²) in [4.78, 5) is 18.5. The fourth-order valence-electron chi connectivity index (χ4n) is 2.26. The molecule has 1 aliphatic heterocycles. The number of nitrogens with zero attached hydrogens (tertiary/aromatic N) is 2. The highest BCUT2D eigenvalue weighted by molar-refractivity contribution is 6.04. The van der Waals surface area contributed by atoms with Crippen LogP contribution in [0, 0.1) is 5.82 Å². The number of carbonyl (C=O) groups excluding carboxylic acids is 1. The lowest BCUT2D eigenvalue weighted by Crippen LogP contribution is -2.37. The minimum absolute atomic E-state index is 0.0365. The number of aliphatic imine (C=N–C) groups is 1. The van der Waals surface area contributed by atoms with Gasteiger partial charge in [-0.1, -0.05) is 12.1 Å². The molecule has 0 aliphatic carbocycles. The van der Waals surface area contributed by atoms with Crippen LogP contribution in [0.5, 0.6) is 0 Å². The molecule has 0 atom stereocenters. The first-order valence-corrected chi connectivity index (χ1v) is 7.65. The van der Waals surface area contributed by atoms with Crippen molar-refractivity contribution in [3.05, 3.63) is 35.6 Å². The minimum Gasteiger partial charge on any atom is -0.468 e. The van der Waals surface area contributed by atoms with Crippen LogP contribution in [0.3, 0.4) is 0 Å². The quantitative estimate of drug-likeness (QED) is 0.504. The van der Waals surface area contributed by atoms with Crippen molar-refractivity contribution in [1.29, 1.82) is 0 Å². The summed E-state index contributed by atoms with van der Waals surface area (Å²) in [5, 5.41) is 2.48. The maximum Gasteiger partial charge on any atom is 0.291 e. The Morgan fingerprint density at radius 2 is 2.13 bits per heavy atom. The fourth-order valence-corrected chi connectivity index (χ4v) is 2.26. The molecule has 1 aromatic rings. The molecule has 1 fully saturated rings. The number of rotatable bonds is 5. The van der Waals surface area contributed by atoms with Crippen LogP contribution in [0.25, 0.3) is 0 Å². The molecule has 1 heterocycles. The molecule has 6 nitrogen and oxygen atoms in total. The number of methoxy groups -OCH3 is 1. The maximum atomic E-state index is 13.5. The van der Waals surface area contributed by atoms with Crippen molar-refractivity contribution >= 4 is 11.9 Å². The lowest BCUT2D eigenvalue weighted by atomic mass is 10.2. The average Bonchev–Trinajstić information content (AvgIpc) is 2.58. The summed E-state index contributed by atoms with van der Waals surface area (Å²) < 4.78 is 23.9. The largest absolute Gasteiger partial charge is 0.468 e. The van der Waals surface area contributed by atoms with Crippen molar-refractivity contribution in [2.75, 3.05) is 46.5 Å². The van der Waals surface area contributed by atoms with Crippen molar-refractivity contribution in [1.82, 2.24) is 10.2 Å². The number of hydrogen-bond acceptors (Lipinski definition) is 5. The molecular formula is C16H22FN3O3. The molecule has 1 aromatic carbocycles. The summed E-state index contributed by atoms with van der Waals surface area (Å²) in [6, 6.07) is 5.88. The second-order valence-electron chi connectivity index (χ2n) is 5.13. The summed E-state index contributed by atoms with van der Waals surface area (Å²) in [7, 11) is 1.42. The molecule has 0 aromatic heterocycles. The second-order valence-corrected chi connectivity index (χ2v) is 5.13. The topological polar surface area (TPSA) is 63.2 Å². The van der Waals surface area contributed by atoms with Crippen LogP contribution in [0.1, 0.15) is 16.8 Å². The first-order valence-electron chi connectivity index (χ1n) is 7.65. The van der Waals surface area contributed by atoms with Crippen molar-refractivity contribution in [3.8, 4) is 0 Å². The van der Waals surface area contributed by atoms with E-state index in [9.17, 15) is 9.18 Å². The number of nitrogens with one attached hydrogen (secondary N) is 1. The van der Waals surface area contributed by atoms with Gasteiger partial charge in [-0.15, -0.1) is 0 Å². The predicted octanol–water partition coefficient (Wildman–Crippen LogP) is 1.28. The van der Waals surface area contributed by atoms with Gasteiger partial charge in [0, 0.05) is 26.2 Å². The van der Waals surface area contributed by atoms with Crippen molar-refractivity contribution < 1.29 is 18.7 Å². The molecule has 1 amide bonds. The molecule has 1 N–H and O–H groups in total. The van der Waals surface area contributed by atoms with Gasteiger partial charge in [-0.2, -0.15) is 0 Å². The number of ether oxygens (including phenoxy) is 2. The third-order valence-electron chi connectivity index (χ3n) is 3.52. The number of amides is 1. The zero-order valence-corrected chi connectivity index (χ0v) is 13.3. The van der Waals surface area contributed by atoms with E-state index in [1.54, 1.807) is 6.07 Å². The van der Waals surface area contributed by atoms with Gasteiger partial charge in [-0.05, 0) is 18.6 Å². The Morgan fingerprint density at radius 1 is 1.39 bits per heavy atom. The third kappa shape index (κ3) is 5.61.